The van der Waals surface area contributed by atoms with Gasteiger partial charge in [-0.15, -0.1) is 0 Å². The largest absolute Gasteiger partial charge is 0.292 e. The van der Waals surface area contributed by atoms with Crippen LogP contribution in [0.4, 0.5) is 0 Å². The first kappa shape index (κ1) is 14.9. The summed E-state index contributed by atoms with van der Waals surface area (Å²) in [7, 11) is 0. The normalized spacial score (nSPS) is 11.7. The van der Waals surface area contributed by atoms with Gasteiger partial charge in [0.2, 0.25) is 6.04 Å². The third-order valence-corrected chi connectivity index (χ3v) is 2.55. The Labute approximate surface area is 117 Å². The molecule has 1 aromatic rings. The van der Waals surface area contributed by atoms with E-state index in [9.17, 15) is 4.79 Å². The summed E-state index contributed by atoms with van der Waals surface area (Å²) in [5.41, 5.74) is 1.27. The number of ketones is 1. The summed E-state index contributed by atoms with van der Waals surface area (Å²) in [6.07, 6.45) is 5.62. The molecule has 3 heteroatoms. The van der Waals surface area contributed by atoms with E-state index in [1.807, 2.05) is 30.7 Å². The zero-order chi connectivity index (χ0) is 10.6. The van der Waals surface area contributed by atoms with E-state index < -0.39 is 0 Å². The Kier molecular flexibility index (Phi) is 7.20. The van der Waals surface area contributed by atoms with Gasteiger partial charge in [-0.3, -0.25) is 4.79 Å². The van der Waals surface area contributed by atoms with Gasteiger partial charge in [-0.2, -0.15) is 4.57 Å². The molecule has 2 nitrogen and oxygen atoms in total. The molecule has 0 spiro atoms. The van der Waals surface area contributed by atoms with Gasteiger partial charge in [0.25, 0.3) is 0 Å². The molecule has 1 heterocycles. The number of carbonyl (C=O) groups is 1. The van der Waals surface area contributed by atoms with Gasteiger partial charge in [0.1, 0.15) is 0 Å². The molecule has 0 aliphatic heterocycles. The molecule has 79 valence electrons. The van der Waals surface area contributed by atoms with E-state index in [2.05, 4.69) is 19.2 Å². The molecule has 0 N–H and O–H groups in total. The van der Waals surface area contributed by atoms with E-state index in [1.54, 1.807) is 0 Å². The van der Waals surface area contributed by atoms with E-state index in [0.29, 0.717) is 6.42 Å². The van der Waals surface area contributed by atoms with Crippen molar-refractivity contribution in [3.63, 3.8) is 0 Å². The van der Waals surface area contributed by atoms with Crippen LogP contribution in [-0.2, 0) is 43.9 Å². The van der Waals surface area contributed by atoms with Crippen LogP contribution >= 0.6 is 0 Å². The topological polar surface area (TPSA) is 20.9 Å². The standard InChI is InChI=1S/C12H18NO.Y/c1-4-11-7-6-8-13(9-11)10(3)12(14)5-2;/h6-10H,4-5H2,1-3H3;/q+1;. The third kappa shape index (κ3) is 4.12. The summed E-state index contributed by atoms with van der Waals surface area (Å²) < 4.78 is 1.99. The van der Waals surface area contributed by atoms with Gasteiger partial charge in [0.15, 0.2) is 18.2 Å². The van der Waals surface area contributed by atoms with Crippen LogP contribution in [0.5, 0.6) is 0 Å². The van der Waals surface area contributed by atoms with Gasteiger partial charge in [-0.05, 0) is 12.5 Å². The first-order valence-corrected chi connectivity index (χ1v) is 5.21. The van der Waals surface area contributed by atoms with Crippen LogP contribution in [0.3, 0.4) is 0 Å². The van der Waals surface area contributed by atoms with Crippen molar-refractivity contribution < 1.29 is 42.1 Å². The maximum absolute atomic E-state index is 11.5. The first-order valence-electron chi connectivity index (χ1n) is 5.21. The summed E-state index contributed by atoms with van der Waals surface area (Å²) in [5, 5.41) is 0. The van der Waals surface area contributed by atoms with Gasteiger partial charge in [-0.1, -0.05) is 13.8 Å². The fraction of sp³-hybridized carbons (Fsp3) is 0.500. The molecule has 0 bridgehead atoms. The van der Waals surface area contributed by atoms with Crippen LogP contribution in [0, 0.1) is 0 Å². The minimum atomic E-state index is -0.0356. The number of aryl methyl sites for hydroxylation is 1. The van der Waals surface area contributed by atoms with Gasteiger partial charge in [-0.25, -0.2) is 0 Å². The Hall–Kier alpha value is -0.0761. The van der Waals surface area contributed by atoms with Crippen LogP contribution in [0.25, 0.3) is 0 Å². The van der Waals surface area contributed by atoms with Crippen molar-refractivity contribution in [3.05, 3.63) is 30.1 Å². The quantitative estimate of drug-likeness (QED) is 0.774. The molecule has 0 saturated carbocycles. The molecule has 1 radical (unpaired) electrons. The predicted octanol–water partition coefficient (Wildman–Crippen LogP) is 2.07. The number of nitrogens with zero attached hydrogens (tertiary/aromatic N) is 1. The second-order valence-corrected chi connectivity index (χ2v) is 3.51. The molecule has 1 aromatic heterocycles. The van der Waals surface area contributed by atoms with Gasteiger partial charge in [0, 0.05) is 57.7 Å². The fourth-order valence-electron chi connectivity index (χ4n) is 1.46. The summed E-state index contributed by atoms with van der Waals surface area (Å²) >= 11 is 0. The smallest absolute Gasteiger partial charge is 0.213 e. The van der Waals surface area contributed by atoms with Crippen molar-refractivity contribution >= 4 is 5.78 Å². The Morgan fingerprint density at radius 3 is 2.67 bits per heavy atom. The van der Waals surface area contributed by atoms with E-state index in [0.717, 1.165) is 6.42 Å². The Balaban J connectivity index is 0.00000196. The Morgan fingerprint density at radius 1 is 1.47 bits per heavy atom. The number of aromatic nitrogens is 1. The Bertz CT molecular complexity index is 325. The van der Waals surface area contributed by atoms with Crippen LogP contribution in [0.1, 0.15) is 38.8 Å². The van der Waals surface area contributed by atoms with Gasteiger partial charge in [0.05, 0.1) is 0 Å². The van der Waals surface area contributed by atoms with Crippen LogP contribution in [0.15, 0.2) is 24.5 Å². The average Bonchev–Trinajstić information content (AvgIpc) is 2.27. The minimum absolute atomic E-state index is 0. The Morgan fingerprint density at radius 2 is 2.13 bits per heavy atom. The molecule has 1 atom stereocenters. The average molecular weight is 281 g/mol. The second kappa shape index (κ2) is 7.24. The molecule has 15 heavy (non-hydrogen) atoms. The molecule has 1 unspecified atom stereocenters. The van der Waals surface area contributed by atoms with Crippen molar-refractivity contribution in [3.8, 4) is 0 Å². The number of hydrogen-bond donors (Lipinski definition) is 0. The molecule has 0 aliphatic rings. The molecular weight excluding hydrogens is 263 g/mol. The van der Waals surface area contributed by atoms with Crippen molar-refractivity contribution in [2.45, 2.75) is 39.7 Å². The zero-order valence-corrected chi connectivity index (χ0v) is 12.6. The van der Waals surface area contributed by atoms with Crippen molar-refractivity contribution in [1.29, 1.82) is 0 Å². The minimum Gasteiger partial charge on any atom is -0.292 e. The van der Waals surface area contributed by atoms with Crippen molar-refractivity contribution in [2.75, 3.05) is 0 Å². The molecule has 0 saturated heterocycles. The second-order valence-electron chi connectivity index (χ2n) is 3.51. The van der Waals surface area contributed by atoms with Crippen molar-refractivity contribution in [2.24, 2.45) is 0 Å². The molecule has 0 aliphatic carbocycles. The first-order chi connectivity index (χ1) is 6.69. The molecule has 0 amide bonds. The van der Waals surface area contributed by atoms with E-state index in [1.165, 1.54) is 5.56 Å². The van der Waals surface area contributed by atoms with Crippen LogP contribution in [-0.4, -0.2) is 5.78 Å². The van der Waals surface area contributed by atoms with Crippen LogP contribution < -0.4 is 4.57 Å². The van der Waals surface area contributed by atoms with Gasteiger partial charge < -0.3 is 0 Å². The number of rotatable bonds is 4. The van der Waals surface area contributed by atoms with E-state index >= 15 is 0 Å². The third-order valence-electron chi connectivity index (χ3n) is 2.55. The maximum Gasteiger partial charge on any atom is 0.213 e. The summed E-state index contributed by atoms with van der Waals surface area (Å²) in [4.78, 5) is 11.5. The van der Waals surface area contributed by atoms with Gasteiger partial charge >= 0.3 is 0 Å². The summed E-state index contributed by atoms with van der Waals surface area (Å²) in [6, 6.07) is 4.05. The molecule has 1 rings (SSSR count). The SMILES string of the molecule is CCC(=O)C(C)[n+]1cccc(CC)c1.[Y]. The summed E-state index contributed by atoms with van der Waals surface area (Å²) in [6.45, 7) is 5.97. The number of hydrogen-bond acceptors (Lipinski definition) is 1. The number of pyridine rings is 1. The van der Waals surface area contributed by atoms with E-state index in [4.69, 9.17) is 0 Å². The maximum atomic E-state index is 11.5. The molecular formula is C12H18NOY+. The number of Topliss-reactive ketones (excluding diaryl/α,β-unsaturated/α-hetero) is 1. The predicted molar refractivity (Wildman–Crippen MR) is 56.0 cm³/mol. The molecule has 0 fully saturated rings. The molecule has 0 aromatic carbocycles. The fourth-order valence-corrected chi connectivity index (χ4v) is 1.46. The number of carbonyl (C=O) groups excluding carboxylic acids is 1. The summed E-state index contributed by atoms with van der Waals surface area (Å²) in [5.74, 6) is 0.281. The van der Waals surface area contributed by atoms with E-state index in [-0.39, 0.29) is 44.5 Å². The zero-order valence-electron chi connectivity index (χ0n) is 9.73. The van der Waals surface area contributed by atoms with Crippen LogP contribution in [0.2, 0.25) is 0 Å². The monoisotopic (exact) mass is 281 g/mol. The van der Waals surface area contributed by atoms with Crippen molar-refractivity contribution in [1.82, 2.24) is 0 Å².